The molecule has 56 valence electrons. The van der Waals surface area contributed by atoms with E-state index in [9.17, 15) is 0 Å². The van der Waals surface area contributed by atoms with Crippen LogP contribution in [0.2, 0.25) is 0 Å². The number of nitriles is 1. The molecular formula is C7H12N2S. The Bertz CT molecular complexity index is 141. The SMILES string of the molecule is N#C[C@H]1CCSCC[C@@H]1N. The standard InChI is InChI=1S/C7H12N2S/c8-5-6-1-3-10-4-2-7(6)9/h6-7H,1-4,9H2/t6-,7+/m1/s1. The molecule has 0 amide bonds. The maximum Gasteiger partial charge on any atom is 0.0672 e. The van der Waals surface area contributed by atoms with Gasteiger partial charge in [0.05, 0.1) is 12.0 Å². The first-order valence-corrected chi connectivity index (χ1v) is 4.73. The van der Waals surface area contributed by atoms with E-state index < -0.39 is 0 Å². The van der Waals surface area contributed by atoms with E-state index in [1.807, 2.05) is 11.8 Å². The van der Waals surface area contributed by atoms with Crippen LogP contribution in [-0.4, -0.2) is 17.5 Å². The van der Waals surface area contributed by atoms with Crippen molar-refractivity contribution in [2.45, 2.75) is 18.9 Å². The van der Waals surface area contributed by atoms with Crippen LogP contribution in [0, 0.1) is 17.2 Å². The number of thioether (sulfide) groups is 1. The van der Waals surface area contributed by atoms with Gasteiger partial charge in [-0.25, -0.2) is 0 Å². The van der Waals surface area contributed by atoms with Crippen molar-refractivity contribution in [1.29, 1.82) is 5.26 Å². The highest BCUT2D eigenvalue weighted by molar-refractivity contribution is 7.99. The van der Waals surface area contributed by atoms with Crippen LogP contribution in [0.4, 0.5) is 0 Å². The zero-order chi connectivity index (χ0) is 7.40. The fourth-order valence-electron chi connectivity index (χ4n) is 1.11. The van der Waals surface area contributed by atoms with E-state index >= 15 is 0 Å². The molecule has 0 aromatic rings. The minimum Gasteiger partial charge on any atom is -0.326 e. The van der Waals surface area contributed by atoms with Crippen molar-refractivity contribution in [1.82, 2.24) is 0 Å². The molecule has 1 heterocycles. The van der Waals surface area contributed by atoms with Crippen molar-refractivity contribution >= 4 is 11.8 Å². The molecule has 0 saturated carbocycles. The zero-order valence-electron chi connectivity index (χ0n) is 5.92. The van der Waals surface area contributed by atoms with Crippen LogP contribution >= 0.6 is 11.8 Å². The lowest BCUT2D eigenvalue weighted by molar-refractivity contribution is 0.499. The first kappa shape index (κ1) is 7.90. The Kier molecular flexibility index (Phi) is 3.04. The maximum absolute atomic E-state index is 8.65. The first-order valence-electron chi connectivity index (χ1n) is 3.57. The number of hydrogen-bond acceptors (Lipinski definition) is 3. The molecule has 0 aromatic heterocycles. The Hall–Kier alpha value is -0.200. The van der Waals surface area contributed by atoms with Gasteiger partial charge in [0, 0.05) is 6.04 Å². The van der Waals surface area contributed by atoms with E-state index in [-0.39, 0.29) is 12.0 Å². The first-order chi connectivity index (χ1) is 4.84. The number of hydrogen-bond donors (Lipinski definition) is 1. The van der Waals surface area contributed by atoms with Crippen molar-refractivity contribution in [3.05, 3.63) is 0 Å². The maximum atomic E-state index is 8.65. The molecule has 2 N–H and O–H groups in total. The predicted molar refractivity (Wildman–Crippen MR) is 43.6 cm³/mol. The summed E-state index contributed by atoms with van der Waals surface area (Å²) in [5.74, 6) is 2.33. The molecule has 2 nitrogen and oxygen atoms in total. The summed E-state index contributed by atoms with van der Waals surface area (Å²) in [6.45, 7) is 0. The van der Waals surface area contributed by atoms with Gasteiger partial charge >= 0.3 is 0 Å². The quantitative estimate of drug-likeness (QED) is 0.569. The summed E-state index contributed by atoms with van der Waals surface area (Å²) >= 11 is 1.91. The van der Waals surface area contributed by atoms with Crippen LogP contribution < -0.4 is 5.73 Å². The summed E-state index contributed by atoms with van der Waals surface area (Å²) in [5, 5.41) is 8.65. The highest BCUT2D eigenvalue weighted by Gasteiger charge is 2.19. The third-order valence-corrected chi connectivity index (χ3v) is 2.90. The van der Waals surface area contributed by atoms with Crippen molar-refractivity contribution in [3.63, 3.8) is 0 Å². The van der Waals surface area contributed by atoms with Crippen LogP contribution in [0.5, 0.6) is 0 Å². The minimum atomic E-state index is 0.106. The molecule has 0 aromatic carbocycles. The Morgan fingerprint density at radius 2 is 2.10 bits per heavy atom. The predicted octanol–water partition coefficient (Wildman–Crippen LogP) is 0.980. The van der Waals surface area contributed by atoms with Gasteiger partial charge in [0.25, 0.3) is 0 Å². The van der Waals surface area contributed by atoms with Crippen molar-refractivity contribution in [2.75, 3.05) is 11.5 Å². The number of rotatable bonds is 0. The van der Waals surface area contributed by atoms with Crippen molar-refractivity contribution in [3.8, 4) is 6.07 Å². The molecule has 1 saturated heterocycles. The smallest absolute Gasteiger partial charge is 0.0672 e. The van der Waals surface area contributed by atoms with Crippen molar-refractivity contribution < 1.29 is 0 Å². The molecule has 0 aliphatic carbocycles. The molecule has 10 heavy (non-hydrogen) atoms. The Labute approximate surface area is 65.8 Å². The van der Waals surface area contributed by atoms with E-state index in [1.165, 1.54) is 0 Å². The summed E-state index contributed by atoms with van der Waals surface area (Å²) in [4.78, 5) is 0. The van der Waals surface area contributed by atoms with E-state index in [2.05, 4.69) is 6.07 Å². The number of nitrogens with zero attached hydrogens (tertiary/aromatic N) is 1. The second-order valence-corrected chi connectivity index (χ2v) is 3.81. The average Bonchev–Trinajstić information content (AvgIpc) is 2.13. The lowest BCUT2D eigenvalue weighted by atomic mass is 9.98. The Morgan fingerprint density at radius 1 is 1.40 bits per heavy atom. The summed E-state index contributed by atoms with van der Waals surface area (Å²) in [6, 6.07) is 2.38. The monoisotopic (exact) mass is 156 g/mol. The highest BCUT2D eigenvalue weighted by atomic mass is 32.2. The topological polar surface area (TPSA) is 49.8 Å². The van der Waals surface area contributed by atoms with E-state index in [4.69, 9.17) is 11.0 Å². The van der Waals surface area contributed by atoms with Crippen LogP contribution in [0.1, 0.15) is 12.8 Å². The van der Waals surface area contributed by atoms with Gasteiger partial charge in [0.15, 0.2) is 0 Å². The third kappa shape index (κ3) is 1.89. The fourth-order valence-corrected chi connectivity index (χ4v) is 2.17. The lowest BCUT2D eigenvalue weighted by Crippen LogP contribution is -2.28. The second-order valence-electron chi connectivity index (χ2n) is 2.59. The Morgan fingerprint density at radius 3 is 2.80 bits per heavy atom. The van der Waals surface area contributed by atoms with Gasteiger partial charge in [-0.15, -0.1) is 0 Å². The zero-order valence-corrected chi connectivity index (χ0v) is 6.73. The van der Waals surface area contributed by atoms with Gasteiger partial charge in [-0.1, -0.05) is 0 Å². The van der Waals surface area contributed by atoms with Gasteiger partial charge in [-0.2, -0.15) is 17.0 Å². The highest BCUT2D eigenvalue weighted by Crippen LogP contribution is 2.20. The summed E-state index contributed by atoms with van der Waals surface area (Å²) in [5.41, 5.74) is 5.75. The van der Waals surface area contributed by atoms with Crippen LogP contribution in [-0.2, 0) is 0 Å². The normalized spacial score (nSPS) is 34.4. The van der Waals surface area contributed by atoms with Gasteiger partial charge in [0.2, 0.25) is 0 Å². The van der Waals surface area contributed by atoms with Gasteiger partial charge in [0.1, 0.15) is 0 Å². The molecule has 0 unspecified atom stereocenters. The largest absolute Gasteiger partial charge is 0.326 e. The van der Waals surface area contributed by atoms with E-state index in [0.717, 1.165) is 24.3 Å². The lowest BCUT2D eigenvalue weighted by Gasteiger charge is -2.11. The van der Waals surface area contributed by atoms with Gasteiger partial charge in [-0.05, 0) is 24.3 Å². The Balaban J connectivity index is 2.45. The second kappa shape index (κ2) is 3.85. The average molecular weight is 156 g/mol. The molecule has 1 fully saturated rings. The van der Waals surface area contributed by atoms with E-state index in [1.54, 1.807) is 0 Å². The minimum absolute atomic E-state index is 0.106. The molecule has 0 bridgehead atoms. The molecule has 2 atom stereocenters. The molecule has 3 heteroatoms. The molecule has 1 aliphatic rings. The number of nitrogens with two attached hydrogens (primary N) is 1. The fraction of sp³-hybridized carbons (Fsp3) is 0.857. The van der Waals surface area contributed by atoms with Crippen LogP contribution in [0.25, 0.3) is 0 Å². The third-order valence-electron chi connectivity index (χ3n) is 1.85. The molecule has 1 aliphatic heterocycles. The molecule has 0 radical (unpaired) electrons. The van der Waals surface area contributed by atoms with Crippen LogP contribution in [0.3, 0.4) is 0 Å². The van der Waals surface area contributed by atoms with Gasteiger partial charge < -0.3 is 5.73 Å². The van der Waals surface area contributed by atoms with Gasteiger partial charge in [-0.3, -0.25) is 0 Å². The molecular weight excluding hydrogens is 144 g/mol. The summed E-state index contributed by atoms with van der Waals surface area (Å²) in [6.07, 6.45) is 1.98. The summed E-state index contributed by atoms with van der Waals surface area (Å²) in [7, 11) is 0. The molecule has 1 rings (SSSR count). The summed E-state index contributed by atoms with van der Waals surface area (Å²) < 4.78 is 0. The van der Waals surface area contributed by atoms with E-state index in [0.29, 0.717) is 0 Å². The molecule has 0 spiro atoms. The van der Waals surface area contributed by atoms with Crippen LogP contribution in [0.15, 0.2) is 0 Å². The van der Waals surface area contributed by atoms with Crippen molar-refractivity contribution in [2.24, 2.45) is 11.7 Å².